The molecule has 2 aromatic rings. The molecule has 0 aliphatic rings. The van der Waals surface area contributed by atoms with Gasteiger partial charge in [-0.25, -0.2) is 0 Å². The van der Waals surface area contributed by atoms with E-state index in [9.17, 15) is 0 Å². The highest BCUT2D eigenvalue weighted by Gasteiger charge is 2.06. The number of rotatable bonds is 3. The van der Waals surface area contributed by atoms with Crippen molar-refractivity contribution in [2.75, 3.05) is 5.32 Å². The van der Waals surface area contributed by atoms with E-state index in [1.807, 2.05) is 6.92 Å². The van der Waals surface area contributed by atoms with Crippen LogP contribution in [0.25, 0.3) is 11.1 Å². The number of aryl methyl sites for hydroxylation is 3. The number of allylic oxidation sites excluding steroid dienone is 1. The lowest BCUT2D eigenvalue weighted by atomic mass is 9.96. The molecule has 0 aromatic heterocycles. The Labute approximate surface area is 116 Å². The zero-order valence-electron chi connectivity index (χ0n) is 12.2. The molecule has 0 spiro atoms. The van der Waals surface area contributed by atoms with E-state index >= 15 is 0 Å². The van der Waals surface area contributed by atoms with Gasteiger partial charge in [0.25, 0.3) is 0 Å². The molecule has 0 fully saturated rings. The zero-order valence-corrected chi connectivity index (χ0v) is 12.2. The van der Waals surface area contributed by atoms with E-state index in [2.05, 4.69) is 69.1 Å². The second kappa shape index (κ2) is 5.31. The molecule has 2 rings (SSSR count). The Bertz CT molecular complexity index is 606. The van der Waals surface area contributed by atoms with Crippen LogP contribution in [-0.2, 0) is 0 Å². The topological polar surface area (TPSA) is 12.0 Å². The van der Waals surface area contributed by atoms with Gasteiger partial charge in [0.05, 0.1) is 0 Å². The standard InChI is InChI=1S/C18H21N/c1-12(2)19-18-11-14(4)17(10-15(18)5)16-8-6-13(3)7-9-16/h6-11,19H,1H2,2-5H3. The molecule has 0 saturated carbocycles. The molecule has 0 saturated heterocycles. The lowest BCUT2D eigenvalue weighted by Gasteiger charge is -2.14. The highest BCUT2D eigenvalue weighted by molar-refractivity contribution is 5.72. The molecule has 0 radical (unpaired) electrons. The molecule has 2 aromatic carbocycles. The molecule has 1 N–H and O–H groups in total. The van der Waals surface area contributed by atoms with Gasteiger partial charge in [0.1, 0.15) is 0 Å². The van der Waals surface area contributed by atoms with Crippen LogP contribution in [0, 0.1) is 20.8 Å². The minimum Gasteiger partial charge on any atom is -0.359 e. The van der Waals surface area contributed by atoms with Gasteiger partial charge in [0.15, 0.2) is 0 Å². The second-order valence-electron chi connectivity index (χ2n) is 5.25. The fourth-order valence-corrected chi connectivity index (χ4v) is 2.22. The predicted octanol–water partition coefficient (Wildman–Crippen LogP) is 5.22. The molecule has 0 unspecified atom stereocenters. The molecule has 0 aliphatic carbocycles. The smallest absolute Gasteiger partial charge is 0.0414 e. The Morgan fingerprint density at radius 2 is 1.58 bits per heavy atom. The number of hydrogen-bond acceptors (Lipinski definition) is 1. The lowest BCUT2D eigenvalue weighted by Crippen LogP contribution is -1.98. The molecule has 0 bridgehead atoms. The van der Waals surface area contributed by atoms with Crippen molar-refractivity contribution in [1.29, 1.82) is 0 Å². The van der Waals surface area contributed by atoms with Gasteiger partial charge in [-0.1, -0.05) is 36.4 Å². The molecular formula is C18H21N. The average molecular weight is 251 g/mol. The first-order valence-electron chi connectivity index (χ1n) is 6.58. The summed E-state index contributed by atoms with van der Waals surface area (Å²) in [5, 5.41) is 3.31. The minimum atomic E-state index is 0.964. The van der Waals surface area contributed by atoms with Crippen molar-refractivity contribution in [3.05, 3.63) is 65.4 Å². The normalized spacial score (nSPS) is 10.3. The molecule has 0 atom stereocenters. The van der Waals surface area contributed by atoms with Crippen LogP contribution in [0.15, 0.2) is 48.7 Å². The molecular weight excluding hydrogens is 230 g/mol. The number of anilines is 1. The van der Waals surface area contributed by atoms with Crippen molar-refractivity contribution in [1.82, 2.24) is 0 Å². The van der Waals surface area contributed by atoms with Gasteiger partial charge in [-0.3, -0.25) is 0 Å². The molecule has 0 heterocycles. The van der Waals surface area contributed by atoms with Crippen LogP contribution in [0.2, 0.25) is 0 Å². The second-order valence-corrected chi connectivity index (χ2v) is 5.25. The van der Waals surface area contributed by atoms with Crippen molar-refractivity contribution in [3.63, 3.8) is 0 Å². The first-order valence-corrected chi connectivity index (χ1v) is 6.58. The van der Waals surface area contributed by atoms with Crippen molar-refractivity contribution in [2.24, 2.45) is 0 Å². The Morgan fingerprint density at radius 1 is 0.947 bits per heavy atom. The summed E-state index contributed by atoms with van der Waals surface area (Å²) in [7, 11) is 0. The van der Waals surface area contributed by atoms with Crippen LogP contribution in [0.3, 0.4) is 0 Å². The average Bonchev–Trinajstić information content (AvgIpc) is 2.34. The van der Waals surface area contributed by atoms with E-state index in [-0.39, 0.29) is 0 Å². The monoisotopic (exact) mass is 251 g/mol. The van der Waals surface area contributed by atoms with E-state index in [4.69, 9.17) is 0 Å². The van der Waals surface area contributed by atoms with Crippen LogP contribution in [0.4, 0.5) is 5.69 Å². The Kier molecular flexibility index (Phi) is 3.75. The highest BCUT2D eigenvalue weighted by Crippen LogP contribution is 2.29. The summed E-state index contributed by atoms with van der Waals surface area (Å²) in [5.41, 5.74) is 8.48. The first-order chi connectivity index (χ1) is 8.97. The van der Waals surface area contributed by atoms with Gasteiger partial charge in [-0.15, -0.1) is 0 Å². The maximum absolute atomic E-state index is 3.90. The molecule has 0 aliphatic heterocycles. The van der Waals surface area contributed by atoms with Crippen LogP contribution in [0.5, 0.6) is 0 Å². The van der Waals surface area contributed by atoms with E-state index in [1.165, 1.54) is 27.8 Å². The third-order valence-electron chi connectivity index (χ3n) is 3.28. The van der Waals surface area contributed by atoms with Gasteiger partial charge in [0.2, 0.25) is 0 Å². The van der Waals surface area contributed by atoms with E-state index in [1.54, 1.807) is 0 Å². The van der Waals surface area contributed by atoms with Crippen molar-refractivity contribution in [2.45, 2.75) is 27.7 Å². The van der Waals surface area contributed by atoms with Crippen LogP contribution < -0.4 is 5.32 Å². The quantitative estimate of drug-likeness (QED) is 0.788. The molecule has 0 amide bonds. The molecule has 19 heavy (non-hydrogen) atoms. The molecule has 1 heteroatoms. The third kappa shape index (κ3) is 3.05. The summed E-state index contributed by atoms with van der Waals surface area (Å²) in [6, 6.07) is 13.1. The van der Waals surface area contributed by atoms with Crippen LogP contribution in [-0.4, -0.2) is 0 Å². The summed E-state index contributed by atoms with van der Waals surface area (Å²) < 4.78 is 0. The van der Waals surface area contributed by atoms with E-state index < -0.39 is 0 Å². The van der Waals surface area contributed by atoms with Gasteiger partial charge in [-0.2, -0.15) is 0 Å². The van der Waals surface area contributed by atoms with Gasteiger partial charge >= 0.3 is 0 Å². The van der Waals surface area contributed by atoms with Crippen molar-refractivity contribution in [3.8, 4) is 11.1 Å². The summed E-state index contributed by atoms with van der Waals surface area (Å²) in [6.45, 7) is 12.3. The summed E-state index contributed by atoms with van der Waals surface area (Å²) in [5.74, 6) is 0. The highest BCUT2D eigenvalue weighted by atomic mass is 14.9. The van der Waals surface area contributed by atoms with Gasteiger partial charge in [0, 0.05) is 11.4 Å². The Balaban J connectivity index is 2.45. The van der Waals surface area contributed by atoms with E-state index in [0.29, 0.717) is 0 Å². The SMILES string of the molecule is C=C(C)Nc1cc(C)c(-c2ccc(C)cc2)cc1C. The summed E-state index contributed by atoms with van der Waals surface area (Å²) in [4.78, 5) is 0. The van der Waals surface area contributed by atoms with Crippen molar-refractivity contribution < 1.29 is 0 Å². The number of benzene rings is 2. The summed E-state index contributed by atoms with van der Waals surface area (Å²) >= 11 is 0. The maximum Gasteiger partial charge on any atom is 0.0414 e. The number of hydrogen-bond donors (Lipinski definition) is 1. The fourth-order valence-electron chi connectivity index (χ4n) is 2.22. The zero-order chi connectivity index (χ0) is 14.0. The van der Waals surface area contributed by atoms with Crippen LogP contribution >= 0.6 is 0 Å². The first kappa shape index (κ1) is 13.4. The Hall–Kier alpha value is -2.02. The largest absolute Gasteiger partial charge is 0.359 e. The fraction of sp³-hybridized carbons (Fsp3) is 0.222. The lowest BCUT2D eigenvalue weighted by molar-refractivity contribution is 1.32. The molecule has 98 valence electrons. The van der Waals surface area contributed by atoms with Crippen molar-refractivity contribution >= 4 is 5.69 Å². The predicted molar refractivity (Wildman–Crippen MR) is 84.5 cm³/mol. The maximum atomic E-state index is 3.90. The van der Waals surface area contributed by atoms with Gasteiger partial charge in [-0.05, 0) is 62.1 Å². The van der Waals surface area contributed by atoms with Crippen LogP contribution in [0.1, 0.15) is 23.6 Å². The minimum absolute atomic E-state index is 0.964. The number of nitrogens with one attached hydrogen (secondary N) is 1. The third-order valence-corrected chi connectivity index (χ3v) is 3.28. The Morgan fingerprint density at radius 3 is 2.16 bits per heavy atom. The van der Waals surface area contributed by atoms with E-state index in [0.717, 1.165) is 11.4 Å². The summed E-state index contributed by atoms with van der Waals surface area (Å²) in [6.07, 6.45) is 0. The van der Waals surface area contributed by atoms with Gasteiger partial charge < -0.3 is 5.32 Å². The molecule has 1 nitrogen and oxygen atoms in total.